The Kier molecular flexibility index (Phi) is 17.9. The summed E-state index contributed by atoms with van der Waals surface area (Å²) in [7, 11) is 0. The lowest BCUT2D eigenvalue weighted by atomic mass is 10.1. The highest BCUT2D eigenvalue weighted by Gasteiger charge is 2.34. The number of hydrogen-bond donors (Lipinski definition) is 0. The molecule has 3 aromatic carbocycles. The minimum Gasteiger partial charge on any atom is -0.462 e. The second-order valence-corrected chi connectivity index (χ2v) is 12.8. The highest BCUT2D eigenvalue weighted by Crippen LogP contribution is 2.35. The van der Waals surface area contributed by atoms with Gasteiger partial charge in [-0.2, -0.15) is 0 Å². The van der Waals surface area contributed by atoms with Crippen LogP contribution in [0.3, 0.4) is 0 Å². The van der Waals surface area contributed by atoms with Crippen LogP contribution in [-0.2, 0) is 76.4 Å². The van der Waals surface area contributed by atoms with Gasteiger partial charge in [-0.15, -0.1) is 0 Å². The molecule has 0 heterocycles. The molecule has 0 aromatic heterocycles. The van der Waals surface area contributed by atoms with E-state index in [1.807, 2.05) is 72.8 Å². The van der Waals surface area contributed by atoms with Gasteiger partial charge in [0.2, 0.25) is 0 Å². The lowest BCUT2D eigenvalue weighted by Crippen LogP contribution is -2.41. The lowest BCUT2D eigenvalue weighted by molar-refractivity contribution is -0.335. The number of hydrogen-bond acceptors (Lipinski definition) is 13. The second-order valence-electron chi connectivity index (χ2n) is 12.8. The van der Waals surface area contributed by atoms with Crippen LogP contribution in [0.2, 0.25) is 0 Å². The fraction of sp³-hybridized carbons (Fsp3) is 0.341. The van der Waals surface area contributed by atoms with Gasteiger partial charge in [-0.3, -0.25) is 9.59 Å². The average Bonchev–Trinajstić information content (AvgIpc) is 3.20. The zero-order chi connectivity index (χ0) is 41.8. The Bertz CT molecular complexity index is 1790. The predicted molar refractivity (Wildman–Crippen MR) is 212 cm³/mol. The van der Waals surface area contributed by atoms with Crippen molar-refractivity contribution < 1.29 is 57.1 Å². The monoisotopic (exact) mass is 785 g/mol. The second kappa shape index (κ2) is 22.5. The summed E-state index contributed by atoms with van der Waals surface area (Å²) in [5.74, 6) is -6.63. The average molecular weight is 786 g/mol. The van der Waals surface area contributed by atoms with Crippen molar-refractivity contribution in [2.45, 2.75) is 71.6 Å². The minimum atomic E-state index is -1.84. The quantitative estimate of drug-likeness (QED) is 0.0294. The van der Waals surface area contributed by atoms with E-state index >= 15 is 0 Å². The smallest absolute Gasteiger partial charge is 0.372 e. The summed E-state index contributed by atoms with van der Waals surface area (Å²) in [6.45, 7) is 16.6. The van der Waals surface area contributed by atoms with E-state index in [-0.39, 0.29) is 39.3 Å². The molecular formula is C44H51NO12. The number of benzene rings is 3. The third kappa shape index (κ3) is 15.2. The van der Waals surface area contributed by atoms with Gasteiger partial charge in [0.15, 0.2) is 0 Å². The van der Waals surface area contributed by atoms with Crippen LogP contribution in [0.15, 0.2) is 111 Å². The van der Waals surface area contributed by atoms with Crippen molar-refractivity contribution in [2.75, 3.05) is 31.3 Å². The van der Waals surface area contributed by atoms with Gasteiger partial charge in [0.05, 0.1) is 19.8 Å². The van der Waals surface area contributed by atoms with Gasteiger partial charge in [0.25, 0.3) is 5.79 Å². The van der Waals surface area contributed by atoms with Crippen LogP contribution in [0.1, 0.15) is 57.2 Å². The van der Waals surface area contributed by atoms with Crippen LogP contribution in [0.4, 0.5) is 17.1 Å². The molecule has 0 saturated heterocycles. The van der Waals surface area contributed by atoms with Crippen molar-refractivity contribution in [3.8, 4) is 0 Å². The van der Waals surface area contributed by atoms with Gasteiger partial charge in [0, 0.05) is 68.4 Å². The Morgan fingerprint density at radius 3 is 1.33 bits per heavy atom. The van der Waals surface area contributed by atoms with E-state index in [4.69, 9.17) is 33.2 Å². The molecular weight excluding hydrogens is 734 g/mol. The van der Waals surface area contributed by atoms with Crippen molar-refractivity contribution in [3.63, 3.8) is 0 Å². The first-order valence-electron chi connectivity index (χ1n) is 18.5. The molecule has 0 saturated carbocycles. The van der Waals surface area contributed by atoms with E-state index < -0.39 is 41.6 Å². The number of nitrogens with zero attached hydrogens (tertiary/aromatic N) is 1. The van der Waals surface area contributed by atoms with Crippen molar-refractivity contribution in [1.29, 1.82) is 0 Å². The van der Waals surface area contributed by atoms with Crippen LogP contribution < -0.4 is 4.90 Å². The molecule has 13 nitrogen and oxygen atoms in total. The van der Waals surface area contributed by atoms with E-state index in [1.165, 1.54) is 13.8 Å². The molecule has 0 aliphatic heterocycles. The number of rotatable bonds is 24. The van der Waals surface area contributed by atoms with Crippen LogP contribution >= 0.6 is 0 Å². The number of carbonyl (C=O) groups excluding carboxylic acids is 5. The minimum absolute atomic E-state index is 0.0956. The summed E-state index contributed by atoms with van der Waals surface area (Å²) in [6.07, 6.45) is 4.74. The Morgan fingerprint density at radius 2 is 0.947 bits per heavy atom. The molecule has 0 radical (unpaired) electrons. The highest BCUT2D eigenvalue weighted by atomic mass is 16.9. The molecule has 0 aliphatic carbocycles. The molecule has 0 aliphatic rings. The summed E-state index contributed by atoms with van der Waals surface area (Å²) in [5, 5.41) is 0. The Hall–Kier alpha value is -6.05. The summed E-state index contributed by atoms with van der Waals surface area (Å²) >= 11 is 0. The summed E-state index contributed by atoms with van der Waals surface area (Å²) < 4.78 is 37.7. The Labute approximate surface area is 333 Å². The summed E-state index contributed by atoms with van der Waals surface area (Å²) in [6, 6.07) is 23.7. The van der Waals surface area contributed by atoms with Crippen molar-refractivity contribution >= 4 is 46.9 Å². The number of carbonyl (C=O) groups is 5. The topological polar surface area (TPSA) is 153 Å². The molecule has 0 unspecified atom stereocenters. The van der Waals surface area contributed by atoms with E-state index in [0.717, 1.165) is 52.0 Å². The summed E-state index contributed by atoms with van der Waals surface area (Å²) in [5.41, 5.74) is 5.49. The molecule has 0 spiro atoms. The summed E-state index contributed by atoms with van der Waals surface area (Å²) in [4.78, 5) is 61.2. The molecule has 0 bridgehead atoms. The van der Waals surface area contributed by atoms with Crippen LogP contribution in [-0.4, -0.2) is 68.0 Å². The van der Waals surface area contributed by atoms with Crippen LogP contribution in [0.25, 0.3) is 0 Å². The van der Waals surface area contributed by atoms with Gasteiger partial charge in [0.1, 0.15) is 6.61 Å². The van der Waals surface area contributed by atoms with Gasteiger partial charge in [-0.25, -0.2) is 14.4 Å². The molecule has 304 valence electrons. The normalized spacial score (nSPS) is 11.1. The standard InChI is InChI=1S/C44H51NO12/c1-8-38(46)52-29-26-33-15-21-36(22-16-33)45(37-23-17-34(18-24-37)27-30-53-44(7,56-41(49)11-4)57-42(50)12-5)35-19-13-32(14-20-35)25-28-51-31-43(6,54-39(47)9-2)55-40(48)10-3/h8-10,13-24H,1-3,11-12,25-31H2,4-7H3. The van der Waals surface area contributed by atoms with Crippen molar-refractivity contribution in [2.24, 2.45) is 0 Å². The maximum atomic E-state index is 12.0. The Morgan fingerprint density at radius 1 is 0.561 bits per heavy atom. The molecule has 0 N–H and O–H groups in total. The van der Waals surface area contributed by atoms with Crippen molar-refractivity contribution in [3.05, 3.63) is 127 Å². The van der Waals surface area contributed by atoms with Crippen LogP contribution in [0, 0.1) is 0 Å². The molecule has 0 amide bonds. The maximum Gasteiger partial charge on any atom is 0.372 e. The SMILES string of the molecule is C=CC(=O)OCCc1ccc(N(c2ccc(CCOCC(C)(OC(=O)C=C)OC(=O)C=C)cc2)c2ccc(CCOC(C)(OC(=O)CC)OC(=O)CC)cc2)cc1. The molecule has 0 fully saturated rings. The third-order valence-corrected chi connectivity index (χ3v) is 8.18. The molecule has 13 heteroatoms. The van der Waals surface area contributed by atoms with Gasteiger partial charge in [-0.1, -0.05) is 70.0 Å². The zero-order valence-corrected chi connectivity index (χ0v) is 33.0. The zero-order valence-electron chi connectivity index (χ0n) is 33.0. The number of ether oxygens (including phenoxy) is 7. The predicted octanol–water partition coefficient (Wildman–Crippen LogP) is 7.30. The molecule has 57 heavy (non-hydrogen) atoms. The number of anilines is 3. The first-order chi connectivity index (χ1) is 27.2. The van der Waals surface area contributed by atoms with E-state index in [2.05, 4.69) is 24.6 Å². The van der Waals surface area contributed by atoms with Gasteiger partial charge < -0.3 is 38.1 Å². The molecule has 3 rings (SSSR count). The largest absolute Gasteiger partial charge is 0.462 e. The Balaban J connectivity index is 1.78. The fourth-order valence-corrected chi connectivity index (χ4v) is 5.24. The first kappa shape index (κ1) is 45.3. The van der Waals surface area contributed by atoms with Crippen molar-refractivity contribution in [1.82, 2.24) is 0 Å². The maximum absolute atomic E-state index is 12.0. The fourth-order valence-electron chi connectivity index (χ4n) is 5.24. The van der Waals surface area contributed by atoms with E-state index in [1.54, 1.807) is 13.8 Å². The third-order valence-electron chi connectivity index (χ3n) is 8.18. The van der Waals surface area contributed by atoms with E-state index in [9.17, 15) is 24.0 Å². The van der Waals surface area contributed by atoms with E-state index in [0.29, 0.717) is 19.3 Å². The lowest BCUT2D eigenvalue weighted by Gasteiger charge is -2.28. The highest BCUT2D eigenvalue weighted by molar-refractivity contribution is 5.83. The molecule has 3 aromatic rings. The molecule has 0 atom stereocenters. The van der Waals surface area contributed by atoms with Crippen LogP contribution in [0.5, 0.6) is 0 Å². The van der Waals surface area contributed by atoms with Gasteiger partial charge >= 0.3 is 35.8 Å². The first-order valence-corrected chi connectivity index (χ1v) is 18.5. The number of esters is 5. The van der Waals surface area contributed by atoms with Gasteiger partial charge in [-0.05, 0) is 65.9 Å².